The zero-order chi connectivity index (χ0) is 23.3. The third kappa shape index (κ3) is 5.29. The molecule has 10 heteroatoms. The van der Waals surface area contributed by atoms with E-state index >= 15 is 0 Å². The monoisotopic (exact) mass is 467 g/mol. The van der Waals surface area contributed by atoms with Crippen LogP contribution in [0, 0.1) is 0 Å². The van der Waals surface area contributed by atoms with E-state index in [2.05, 4.69) is 15.3 Å². The summed E-state index contributed by atoms with van der Waals surface area (Å²) in [4.78, 5) is 23.0. The number of nitrogens with one attached hydrogen (secondary N) is 1. The van der Waals surface area contributed by atoms with E-state index in [4.69, 9.17) is 4.74 Å². The summed E-state index contributed by atoms with van der Waals surface area (Å²) >= 11 is 0. The predicted molar refractivity (Wildman–Crippen MR) is 125 cm³/mol. The van der Waals surface area contributed by atoms with Crippen LogP contribution in [-0.4, -0.2) is 61.4 Å². The van der Waals surface area contributed by atoms with E-state index in [1.165, 1.54) is 16.4 Å². The lowest BCUT2D eigenvalue weighted by atomic mass is 10.2. The third-order valence-electron chi connectivity index (χ3n) is 5.29. The van der Waals surface area contributed by atoms with Crippen molar-refractivity contribution in [2.45, 2.75) is 11.8 Å². The Hall–Kier alpha value is -3.50. The second-order valence-electron chi connectivity index (χ2n) is 7.39. The quantitative estimate of drug-likeness (QED) is 0.570. The molecule has 9 nitrogen and oxygen atoms in total. The van der Waals surface area contributed by atoms with Gasteiger partial charge in [0.05, 0.1) is 17.7 Å². The zero-order valence-electron chi connectivity index (χ0n) is 18.2. The Kier molecular flexibility index (Phi) is 6.85. The van der Waals surface area contributed by atoms with Crippen LogP contribution in [0.5, 0.6) is 5.75 Å². The van der Waals surface area contributed by atoms with Gasteiger partial charge in [0, 0.05) is 49.8 Å². The Morgan fingerprint density at radius 2 is 1.70 bits per heavy atom. The second-order valence-corrected chi connectivity index (χ2v) is 9.33. The topological polar surface area (TPSA) is 105 Å². The van der Waals surface area contributed by atoms with Crippen LogP contribution in [0.15, 0.2) is 72.0 Å². The molecule has 0 aliphatic carbocycles. The van der Waals surface area contributed by atoms with Crippen LogP contribution in [0.2, 0.25) is 0 Å². The molecule has 1 N–H and O–H groups in total. The number of aromatic nitrogens is 2. The molecule has 1 aliphatic heterocycles. The average molecular weight is 468 g/mol. The van der Waals surface area contributed by atoms with Crippen LogP contribution >= 0.6 is 0 Å². The highest BCUT2D eigenvalue weighted by atomic mass is 32.2. The number of carbonyl (C=O) groups is 1. The Morgan fingerprint density at radius 3 is 2.30 bits per heavy atom. The molecule has 2 heterocycles. The van der Waals surface area contributed by atoms with E-state index in [0.29, 0.717) is 49.8 Å². The first-order valence-corrected chi connectivity index (χ1v) is 12.1. The predicted octanol–water partition coefficient (Wildman–Crippen LogP) is 2.64. The first kappa shape index (κ1) is 22.7. The number of ether oxygens (including phenoxy) is 1. The second kappa shape index (κ2) is 9.97. The number of hydrogen-bond donors (Lipinski definition) is 1. The number of piperazine rings is 1. The largest absolute Gasteiger partial charge is 0.494 e. The lowest BCUT2D eigenvalue weighted by molar-refractivity contribution is 0.102. The molecule has 0 atom stereocenters. The maximum absolute atomic E-state index is 13.1. The molecule has 1 fully saturated rings. The van der Waals surface area contributed by atoms with Gasteiger partial charge in [-0.05, 0) is 55.5 Å². The van der Waals surface area contributed by atoms with Gasteiger partial charge in [-0.1, -0.05) is 0 Å². The van der Waals surface area contributed by atoms with Crippen molar-refractivity contribution in [1.29, 1.82) is 0 Å². The number of carbonyl (C=O) groups excluding carboxylic acids is 1. The summed E-state index contributed by atoms with van der Waals surface area (Å²) in [5, 5.41) is 2.78. The van der Waals surface area contributed by atoms with Gasteiger partial charge in [-0.25, -0.2) is 13.4 Å². The molecular formula is C23H25N5O4S. The maximum Gasteiger partial charge on any atom is 0.255 e. The molecule has 172 valence electrons. The van der Waals surface area contributed by atoms with Gasteiger partial charge in [0.15, 0.2) is 0 Å². The van der Waals surface area contributed by atoms with Crippen molar-refractivity contribution in [3.63, 3.8) is 0 Å². The van der Waals surface area contributed by atoms with Crippen LogP contribution in [0.3, 0.4) is 0 Å². The van der Waals surface area contributed by atoms with Crippen molar-refractivity contribution in [2.24, 2.45) is 0 Å². The number of hydrogen-bond acceptors (Lipinski definition) is 7. The lowest BCUT2D eigenvalue weighted by Gasteiger charge is -2.34. The van der Waals surface area contributed by atoms with Crippen molar-refractivity contribution in [2.75, 3.05) is 43.0 Å². The number of anilines is 2. The summed E-state index contributed by atoms with van der Waals surface area (Å²) in [6.45, 7) is 4.23. The smallest absolute Gasteiger partial charge is 0.255 e. The van der Waals surface area contributed by atoms with Crippen molar-refractivity contribution in [1.82, 2.24) is 14.3 Å². The summed E-state index contributed by atoms with van der Waals surface area (Å²) in [5.74, 6) is 1.15. The normalized spacial score (nSPS) is 14.6. The number of benzene rings is 2. The first-order chi connectivity index (χ1) is 16.0. The summed E-state index contributed by atoms with van der Waals surface area (Å²) in [7, 11) is -3.63. The summed E-state index contributed by atoms with van der Waals surface area (Å²) in [5.41, 5.74) is 0.997. The van der Waals surface area contributed by atoms with Crippen molar-refractivity contribution >= 4 is 27.4 Å². The molecule has 2 aromatic carbocycles. The van der Waals surface area contributed by atoms with Crippen molar-refractivity contribution < 1.29 is 17.9 Å². The molecule has 1 aliphatic rings. The highest BCUT2D eigenvalue weighted by molar-refractivity contribution is 7.89. The van der Waals surface area contributed by atoms with Gasteiger partial charge in [-0.3, -0.25) is 9.78 Å². The summed E-state index contributed by atoms with van der Waals surface area (Å²) in [6.07, 6.45) is 4.90. The number of amides is 1. The molecule has 0 unspecified atom stereocenters. The summed E-state index contributed by atoms with van der Waals surface area (Å²) < 4.78 is 32.9. The van der Waals surface area contributed by atoms with Gasteiger partial charge in [0.2, 0.25) is 10.0 Å². The highest BCUT2D eigenvalue weighted by Crippen LogP contribution is 2.22. The van der Waals surface area contributed by atoms with E-state index in [-0.39, 0.29) is 10.8 Å². The number of nitrogens with zero attached hydrogens (tertiary/aromatic N) is 4. The van der Waals surface area contributed by atoms with E-state index in [0.717, 1.165) is 5.82 Å². The molecule has 1 saturated heterocycles. The first-order valence-electron chi connectivity index (χ1n) is 10.6. The highest BCUT2D eigenvalue weighted by Gasteiger charge is 2.29. The molecule has 0 saturated carbocycles. The van der Waals surface area contributed by atoms with Crippen LogP contribution in [0.25, 0.3) is 0 Å². The number of rotatable bonds is 7. The van der Waals surface area contributed by atoms with E-state index in [1.807, 2.05) is 11.8 Å². The van der Waals surface area contributed by atoms with Gasteiger partial charge >= 0.3 is 0 Å². The zero-order valence-corrected chi connectivity index (χ0v) is 19.0. The van der Waals surface area contributed by atoms with Crippen molar-refractivity contribution in [3.8, 4) is 5.75 Å². The fourth-order valence-corrected chi connectivity index (χ4v) is 4.97. The summed E-state index contributed by atoms with van der Waals surface area (Å²) in [6, 6.07) is 13.0. The molecule has 1 amide bonds. The van der Waals surface area contributed by atoms with Gasteiger partial charge in [0.25, 0.3) is 5.91 Å². The fourth-order valence-electron chi connectivity index (χ4n) is 3.54. The van der Waals surface area contributed by atoms with Gasteiger partial charge < -0.3 is 15.0 Å². The van der Waals surface area contributed by atoms with Gasteiger partial charge in [-0.15, -0.1) is 0 Å². The molecule has 0 spiro atoms. The Bertz CT molecular complexity index is 1180. The average Bonchev–Trinajstić information content (AvgIpc) is 2.86. The van der Waals surface area contributed by atoms with Crippen LogP contribution < -0.4 is 15.0 Å². The van der Waals surface area contributed by atoms with E-state index in [1.54, 1.807) is 55.0 Å². The molecule has 0 bridgehead atoms. The van der Waals surface area contributed by atoms with Crippen LogP contribution in [0.4, 0.5) is 11.5 Å². The maximum atomic E-state index is 13.1. The van der Waals surface area contributed by atoms with Crippen LogP contribution in [0.1, 0.15) is 17.3 Å². The molecular weight excluding hydrogens is 442 g/mol. The third-order valence-corrected chi connectivity index (χ3v) is 7.20. The fraction of sp³-hybridized carbons (Fsp3) is 0.261. The minimum absolute atomic E-state index is 0.189. The Balaban J connectivity index is 1.37. The number of sulfonamides is 1. The van der Waals surface area contributed by atoms with Crippen molar-refractivity contribution in [3.05, 3.63) is 72.7 Å². The minimum Gasteiger partial charge on any atom is -0.494 e. The Labute approximate surface area is 193 Å². The van der Waals surface area contributed by atoms with Gasteiger partial charge in [0.1, 0.15) is 11.6 Å². The molecule has 0 radical (unpaired) electrons. The van der Waals surface area contributed by atoms with E-state index in [9.17, 15) is 13.2 Å². The molecule has 3 aromatic rings. The van der Waals surface area contributed by atoms with Gasteiger partial charge in [-0.2, -0.15) is 4.31 Å². The standard InChI is InChI=1S/C23H25N5O4S/c1-2-32-20-7-3-18(4-8-20)23(29)26-19-5-9-21(10-6-19)33(30,31)28-15-13-27(14-16-28)22-17-24-11-12-25-22/h3-12,17H,2,13-16H2,1H3,(H,26,29). The Morgan fingerprint density at radius 1 is 1.00 bits per heavy atom. The van der Waals surface area contributed by atoms with E-state index < -0.39 is 10.0 Å². The molecule has 1 aromatic heterocycles. The molecule has 4 rings (SSSR count). The lowest BCUT2D eigenvalue weighted by Crippen LogP contribution is -2.48. The minimum atomic E-state index is -3.63. The molecule has 33 heavy (non-hydrogen) atoms. The SMILES string of the molecule is CCOc1ccc(C(=O)Nc2ccc(S(=O)(=O)N3CCN(c4cnccn4)CC3)cc2)cc1. The van der Waals surface area contributed by atoms with Crippen LogP contribution in [-0.2, 0) is 10.0 Å².